The van der Waals surface area contributed by atoms with Crippen molar-refractivity contribution in [3.8, 4) is 28.3 Å². The second-order valence-electron chi connectivity index (χ2n) is 8.77. The third-order valence-electron chi connectivity index (χ3n) is 5.85. The summed E-state index contributed by atoms with van der Waals surface area (Å²) >= 11 is 11.9. The molecule has 194 valence electrons. The number of hydrogen-bond donors (Lipinski definition) is 2. The van der Waals surface area contributed by atoms with E-state index in [2.05, 4.69) is 21.9 Å². The third kappa shape index (κ3) is 7.41. The van der Waals surface area contributed by atoms with Crippen LogP contribution in [0.2, 0.25) is 10.0 Å². The van der Waals surface area contributed by atoms with E-state index in [-0.39, 0.29) is 12.5 Å². The summed E-state index contributed by atoms with van der Waals surface area (Å²) < 4.78 is 0. The second kappa shape index (κ2) is 13.4. The Kier molecular flexibility index (Phi) is 10.3. The number of hydrogen-bond acceptors (Lipinski definition) is 6. The number of nitrogens with zero attached hydrogens (tertiary/aromatic N) is 4. The number of unbranched alkanes of at least 4 members (excludes halogenated alkanes) is 1. The molecule has 0 fully saturated rings. The summed E-state index contributed by atoms with van der Waals surface area (Å²) in [5.74, 6) is 0.685. The summed E-state index contributed by atoms with van der Waals surface area (Å²) in [6, 6.07) is 16.9. The number of aliphatic hydroxyl groups excluding tert-OH is 1. The molecule has 0 aliphatic carbocycles. The molecular weight excluding hydrogens is 507 g/mol. The first-order valence-corrected chi connectivity index (χ1v) is 12.8. The maximum Gasteiger partial charge on any atom is 0.228 e. The van der Waals surface area contributed by atoms with Crippen LogP contribution >= 0.6 is 23.2 Å². The van der Waals surface area contributed by atoms with Gasteiger partial charge in [-0.15, -0.1) is 0 Å². The van der Waals surface area contributed by atoms with E-state index in [0.717, 1.165) is 58.5 Å². The number of aryl methyl sites for hydroxylation is 1. The minimum Gasteiger partial charge on any atom is -0.493 e. The summed E-state index contributed by atoms with van der Waals surface area (Å²) in [6.07, 6.45) is 4.75. The van der Waals surface area contributed by atoms with Crippen molar-refractivity contribution in [3.63, 3.8) is 0 Å². The van der Waals surface area contributed by atoms with Crippen LogP contribution in [-0.2, 0) is 13.0 Å². The van der Waals surface area contributed by atoms with E-state index in [9.17, 15) is 10.2 Å². The van der Waals surface area contributed by atoms with Crippen LogP contribution in [0.5, 0.6) is 5.88 Å². The van der Waals surface area contributed by atoms with Crippen LogP contribution in [0, 0.1) is 6.92 Å². The van der Waals surface area contributed by atoms with Gasteiger partial charge >= 0.3 is 0 Å². The molecule has 2 heterocycles. The van der Waals surface area contributed by atoms with Gasteiger partial charge in [0.2, 0.25) is 11.8 Å². The van der Waals surface area contributed by atoms with Crippen LogP contribution in [0.3, 0.4) is 0 Å². The topological polar surface area (TPSA) is 82.4 Å². The Bertz CT molecular complexity index is 1220. The normalized spacial score (nSPS) is 10.6. The Morgan fingerprint density at radius 3 is 1.95 bits per heavy atom. The zero-order chi connectivity index (χ0) is 26.9. The van der Waals surface area contributed by atoms with Crippen LogP contribution < -0.4 is 4.90 Å². The second-order valence-corrected chi connectivity index (χ2v) is 9.64. The number of pyridine rings is 1. The Hall–Kier alpha value is -3.19. The van der Waals surface area contributed by atoms with Crippen LogP contribution in [0.4, 0.5) is 5.95 Å². The summed E-state index contributed by atoms with van der Waals surface area (Å²) in [6.45, 7) is 3.95. The summed E-state index contributed by atoms with van der Waals surface area (Å²) in [5.41, 5.74) is 6.15. The average Bonchev–Trinajstić information content (AvgIpc) is 2.89. The van der Waals surface area contributed by atoms with Gasteiger partial charge in [-0.05, 0) is 61.2 Å². The zero-order valence-corrected chi connectivity index (χ0v) is 23.1. The van der Waals surface area contributed by atoms with Crippen molar-refractivity contribution in [2.24, 2.45) is 0 Å². The van der Waals surface area contributed by atoms with Crippen molar-refractivity contribution in [1.29, 1.82) is 0 Å². The fraction of sp³-hybridized carbons (Fsp3) is 0.276. The highest BCUT2D eigenvalue weighted by atomic mass is 35.5. The maximum atomic E-state index is 9.84. The zero-order valence-electron chi connectivity index (χ0n) is 21.5. The molecule has 2 N–H and O–H groups in total. The number of benzene rings is 2. The van der Waals surface area contributed by atoms with E-state index in [1.807, 2.05) is 75.6 Å². The van der Waals surface area contributed by atoms with Crippen molar-refractivity contribution < 1.29 is 10.2 Å². The van der Waals surface area contributed by atoms with Crippen molar-refractivity contribution in [2.75, 3.05) is 19.0 Å². The third-order valence-corrected chi connectivity index (χ3v) is 6.35. The molecule has 4 aromatic rings. The molecular formula is C29H32Cl2N4O2. The smallest absolute Gasteiger partial charge is 0.228 e. The standard InChI is InChI=1S/C18H13Cl2NO.C11H19N3O/c19-14-5-1-12(2-6-14)16-9-10-21-18(17(16)11-22)13-3-7-15(20)8-4-13;1-5-6-7-9-8(2)12-11(14(3)4)13-10(9)15/h1-10,22H,11H2;5-7H2,1-4H3,(H,12,13,15). The van der Waals surface area contributed by atoms with Gasteiger partial charge in [-0.1, -0.05) is 60.8 Å². The van der Waals surface area contributed by atoms with Gasteiger partial charge in [-0.2, -0.15) is 4.98 Å². The number of aliphatic hydroxyl groups is 1. The van der Waals surface area contributed by atoms with Gasteiger partial charge in [-0.3, -0.25) is 4.98 Å². The van der Waals surface area contributed by atoms with Gasteiger partial charge in [0.15, 0.2) is 0 Å². The number of anilines is 1. The van der Waals surface area contributed by atoms with E-state index in [1.54, 1.807) is 11.1 Å². The van der Waals surface area contributed by atoms with Crippen LogP contribution in [0.25, 0.3) is 22.4 Å². The molecule has 0 aliphatic rings. The summed E-state index contributed by atoms with van der Waals surface area (Å²) in [4.78, 5) is 14.6. The minimum absolute atomic E-state index is 0.0935. The molecule has 0 saturated heterocycles. The Labute approximate surface area is 228 Å². The van der Waals surface area contributed by atoms with Gasteiger partial charge in [0.25, 0.3) is 0 Å². The molecule has 0 bridgehead atoms. The lowest BCUT2D eigenvalue weighted by Crippen LogP contribution is -2.14. The quantitative estimate of drug-likeness (QED) is 0.260. The van der Waals surface area contributed by atoms with Gasteiger partial charge in [-0.25, -0.2) is 4.98 Å². The van der Waals surface area contributed by atoms with E-state index in [1.165, 1.54) is 0 Å². The lowest BCUT2D eigenvalue weighted by molar-refractivity contribution is 0.282. The molecule has 0 spiro atoms. The SMILES string of the molecule is CCCCc1c(C)nc(N(C)C)nc1O.OCc1c(-c2ccc(Cl)cc2)ccnc1-c1ccc(Cl)cc1. The first kappa shape index (κ1) is 28.4. The summed E-state index contributed by atoms with van der Waals surface area (Å²) in [5, 5.41) is 21.0. The number of halogens is 2. The molecule has 37 heavy (non-hydrogen) atoms. The van der Waals surface area contributed by atoms with Crippen LogP contribution in [-0.4, -0.2) is 39.3 Å². The summed E-state index contributed by atoms with van der Waals surface area (Å²) in [7, 11) is 3.72. The largest absolute Gasteiger partial charge is 0.493 e. The van der Waals surface area contributed by atoms with E-state index in [4.69, 9.17) is 23.2 Å². The Morgan fingerprint density at radius 1 is 0.838 bits per heavy atom. The van der Waals surface area contributed by atoms with Gasteiger partial charge in [0.05, 0.1) is 12.3 Å². The lowest BCUT2D eigenvalue weighted by Gasteiger charge is -2.13. The molecule has 0 unspecified atom stereocenters. The highest BCUT2D eigenvalue weighted by Crippen LogP contribution is 2.32. The fourth-order valence-electron chi connectivity index (χ4n) is 3.82. The van der Waals surface area contributed by atoms with Crippen LogP contribution in [0.1, 0.15) is 36.6 Å². The molecule has 6 nitrogen and oxygen atoms in total. The lowest BCUT2D eigenvalue weighted by atomic mass is 9.96. The Balaban J connectivity index is 0.000000222. The van der Waals surface area contributed by atoms with Crippen molar-refractivity contribution >= 4 is 29.2 Å². The highest BCUT2D eigenvalue weighted by Gasteiger charge is 2.13. The van der Waals surface area contributed by atoms with Crippen LogP contribution in [0.15, 0.2) is 60.8 Å². The van der Waals surface area contributed by atoms with Crippen molar-refractivity contribution in [2.45, 2.75) is 39.7 Å². The monoisotopic (exact) mass is 538 g/mol. The van der Waals surface area contributed by atoms with Gasteiger partial charge in [0, 0.05) is 52.7 Å². The highest BCUT2D eigenvalue weighted by molar-refractivity contribution is 6.30. The first-order chi connectivity index (χ1) is 17.7. The predicted molar refractivity (Wildman–Crippen MR) is 152 cm³/mol. The number of aromatic hydroxyl groups is 1. The van der Waals surface area contributed by atoms with E-state index in [0.29, 0.717) is 16.0 Å². The molecule has 0 radical (unpaired) electrons. The Morgan fingerprint density at radius 2 is 1.43 bits per heavy atom. The molecule has 8 heteroatoms. The number of rotatable bonds is 7. The van der Waals surface area contributed by atoms with Crippen molar-refractivity contribution in [3.05, 3.63) is 87.7 Å². The van der Waals surface area contributed by atoms with Crippen molar-refractivity contribution in [1.82, 2.24) is 15.0 Å². The molecule has 0 aliphatic heterocycles. The predicted octanol–water partition coefficient (Wildman–Crippen LogP) is 7.11. The van der Waals surface area contributed by atoms with Gasteiger partial charge in [0.1, 0.15) is 0 Å². The van der Waals surface area contributed by atoms with E-state index < -0.39 is 0 Å². The van der Waals surface area contributed by atoms with Gasteiger partial charge < -0.3 is 15.1 Å². The molecule has 4 rings (SSSR count). The molecule has 0 amide bonds. The first-order valence-electron chi connectivity index (χ1n) is 12.1. The molecule has 2 aromatic carbocycles. The number of aromatic nitrogens is 3. The minimum atomic E-state index is -0.0935. The van der Waals surface area contributed by atoms with E-state index >= 15 is 0 Å². The fourth-order valence-corrected chi connectivity index (χ4v) is 4.07. The maximum absolute atomic E-state index is 9.84. The molecule has 0 atom stereocenters. The average molecular weight is 540 g/mol. The molecule has 0 saturated carbocycles. The molecule has 2 aromatic heterocycles.